The van der Waals surface area contributed by atoms with Crippen molar-refractivity contribution >= 4 is 43.6 Å². The maximum Gasteiger partial charge on any atom is 0.259 e. The van der Waals surface area contributed by atoms with Gasteiger partial charge < -0.3 is 5.32 Å². The Hall–Kier alpha value is -1.27. The molecule has 1 N–H and O–H groups in total. The SMILES string of the molecule is O=C(Nc1cc(Br)ccn1)c1cccc(Br)c1F. The molecule has 0 atom stereocenters. The molecule has 2 rings (SSSR count). The summed E-state index contributed by atoms with van der Waals surface area (Å²) in [7, 11) is 0. The first-order valence-corrected chi connectivity index (χ1v) is 6.53. The number of carbonyl (C=O) groups excluding carboxylic acids is 1. The van der Waals surface area contributed by atoms with E-state index in [-0.39, 0.29) is 10.0 Å². The van der Waals surface area contributed by atoms with Gasteiger partial charge in [0.2, 0.25) is 0 Å². The molecule has 0 radical (unpaired) electrons. The number of rotatable bonds is 2. The molecular formula is C12H7Br2FN2O. The van der Waals surface area contributed by atoms with E-state index in [2.05, 4.69) is 42.2 Å². The zero-order valence-corrected chi connectivity index (χ0v) is 12.1. The van der Waals surface area contributed by atoms with Gasteiger partial charge in [0.15, 0.2) is 0 Å². The number of anilines is 1. The van der Waals surface area contributed by atoms with Crippen molar-refractivity contribution in [1.82, 2.24) is 4.98 Å². The van der Waals surface area contributed by atoms with E-state index in [1.165, 1.54) is 18.3 Å². The largest absolute Gasteiger partial charge is 0.306 e. The lowest BCUT2D eigenvalue weighted by atomic mass is 10.2. The molecule has 1 aromatic heterocycles. The fraction of sp³-hybridized carbons (Fsp3) is 0. The summed E-state index contributed by atoms with van der Waals surface area (Å²) >= 11 is 6.29. The van der Waals surface area contributed by atoms with Crippen LogP contribution >= 0.6 is 31.9 Å². The topological polar surface area (TPSA) is 42.0 Å². The molecule has 92 valence electrons. The summed E-state index contributed by atoms with van der Waals surface area (Å²) < 4.78 is 14.7. The highest BCUT2D eigenvalue weighted by Crippen LogP contribution is 2.20. The fourth-order valence-electron chi connectivity index (χ4n) is 1.34. The van der Waals surface area contributed by atoms with Crippen molar-refractivity contribution in [3.63, 3.8) is 0 Å². The van der Waals surface area contributed by atoms with Gasteiger partial charge in [-0.05, 0) is 40.2 Å². The van der Waals surface area contributed by atoms with Gasteiger partial charge in [-0.25, -0.2) is 9.37 Å². The molecular weight excluding hydrogens is 367 g/mol. The lowest BCUT2D eigenvalue weighted by molar-refractivity contribution is 0.102. The minimum Gasteiger partial charge on any atom is -0.306 e. The van der Waals surface area contributed by atoms with Crippen LogP contribution < -0.4 is 5.32 Å². The van der Waals surface area contributed by atoms with Gasteiger partial charge in [-0.1, -0.05) is 22.0 Å². The van der Waals surface area contributed by atoms with Gasteiger partial charge in [-0.3, -0.25) is 4.79 Å². The summed E-state index contributed by atoms with van der Waals surface area (Å²) in [5.74, 6) is -0.779. The summed E-state index contributed by atoms with van der Waals surface area (Å²) in [4.78, 5) is 15.8. The molecule has 1 heterocycles. The predicted octanol–water partition coefficient (Wildman–Crippen LogP) is 4.00. The molecule has 0 bridgehead atoms. The minimum absolute atomic E-state index is 0.0360. The molecule has 0 aliphatic heterocycles. The molecule has 0 unspecified atom stereocenters. The number of aromatic nitrogens is 1. The van der Waals surface area contributed by atoms with Gasteiger partial charge in [0.05, 0.1) is 10.0 Å². The predicted molar refractivity (Wildman–Crippen MR) is 74.0 cm³/mol. The number of nitrogens with zero attached hydrogens (tertiary/aromatic N) is 1. The van der Waals surface area contributed by atoms with Gasteiger partial charge in [0.1, 0.15) is 11.6 Å². The Morgan fingerprint density at radius 1 is 1.28 bits per heavy atom. The second-order valence-corrected chi connectivity index (χ2v) is 5.18. The van der Waals surface area contributed by atoms with Gasteiger partial charge in [-0.15, -0.1) is 0 Å². The molecule has 3 nitrogen and oxygen atoms in total. The number of hydrogen-bond donors (Lipinski definition) is 1. The van der Waals surface area contributed by atoms with Crippen LogP contribution in [0.25, 0.3) is 0 Å². The third kappa shape index (κ3) is 2.94. The Bertz CT molecular complexity index is 604. The van der Waals surface area contributed by atoms with Crippen LogP contribution in [-0.2, 0) is 0 Å². The van der Waals surface area contributed by atoms with Crippen molar-refractivity contribution in [2.45, 2.75) is 0 Å². The lowest BCUT2D eigenvalue weighted by Gasteiger charge is -2.06. The Balaban J connectivity index is 2.25. The highest BCUT2D eigenvalue weighted by Gasteiger charge is 2.14. The van der Waals surface area contributed by atoms with Crippen LogP contribution in [0, 0.1) is 5.82 Å². The minimum atomic E-state index is -0.593. The normalized spacial score (nSPS) is 10.2. The molecule has 0 aliphatic carbocycles. The van der Waals surface area contributed by atoms with E-state index in [0.717, 1.165) is 4.47 Å². The Labute approximate surface area is 120 Å². The summed E-state index contributed by atoms with van der Waals surface area (Å²) in [6.07, 6.45) is 1.54. The second-order valence-electron chi connectivity index (χ2n) is 3.41. The lowest BCUT2D eigenvalue weighted by Crippen LogP contribution is -2.14. The first kappa shape index (κ1) is 13.2. The molecule has 0 saturated heterocycles. The molecule has 0 saturated carbocycles. The molecule has 0 fully saturated rings. The van der Waals surface area contributed by atoms with Crippen LogP contribution in [0.5, 0.6) is 0 Å². The average molecular weight is 374 g/mol. The smallest absolute Gasteiger partial charge is 0.259 e. The van der Waals surface area contributed by atoms with Crippen LogP contribution in [0.4, 0.5) is 10.2 Å². The number of pyridine rings is 1. The number of hydrogen-bond acceptors (Lipinski definition) is 2. The molecule has 1 aromatic carbocycles. The van der Waals surface area contributed by atoms with Gasteiger partial charge in [0.25, 0.3) is 5.91 Å². The standard InChI is InChI=1S/C12H7Br2FN2O/c13-7-4-5-16-10(6-7)17-12(18)8-2-1-3-9(14)11(8)15/h1-6H,(H,16,17,18). The zero-order chi connectivity index (χ0) is 13.1. The molecule has 1 amide bonds. The van der Waals surface area contributed by atoms with Crippen LogP contribution in [-0.4, -0.2) is 10.9 Å². The van der Waals surface area contributed by atoms with Gasteiger partial charge in [0, 0.05) is 10.7 Å². The van der Waals surface area contributed by atoms with Crippen molar-refractivity contribution in [2.75, 3.05) is 5.32 Å². The van der Waals surface area contributed by atoms with Crippen LogP contribution in [0.3, 0.4) is 0 Å². The average Bonchev–Trinajstić information content (AvgIpc) is 2.32. The Kier molecular flexibility index (Phi) is 4.08. The quantitative estimate of drug-likeness (QED) is 0.864. The molecule has 0 spiro atoms. The molecule has 6 heteroatoms. The van der Waals surface area contributed by atoms with Crippen molar-refractivity contribution < 1.29 is 9.18 Å². The summed E-state index contributed by atoms with van der Waals surface area (Å²) in [5, 5.41) is 2.53. The van der Waals surface area contributed by atoms with Crippen molar-refractivity contribution in [3.8, 4) is 0 Å². The number of carbonyl (C=O) groups is 1. The number of nitrogens with one attached hydrogen (secondary N) is 1. The highest BCUT2D eigenvalue weighted by molar-refractivity contribution is 9.10. The zero-order valence-electron chi connectivity index (χ0n) is 8.95. The number of halogens is 3. The molecule has 0 aliphatic rings. The van der Waals surface area contributed by atoms with E-state index in [1.54, 1.807) is 18.2 Å². The van der Waals surface area contributed by atoms with E-state index >= 15 is 0 Å². The van der Waals surface area contributed by atoms with E-state index < -0.39 is 11.7 Å². The van der Waals surface area contributed by atoms with Crippen molar-refractivity contribution in [1.29, 1.82) is 0 Å². The van der Waals surface area contributed by atoms with Crippen LogP contribution in [0.2, 0.25) is 0 Å². The maximum atomic E-state index is 13.7. The fourth-order valence-corrected chi connectivity index (χ4v) is 2.04. The third-order valence-corrected chi connectivity index (χ3v) is 3.27. The molecule has 18 heavy (non-hydrogen) atoms. The number of benzene rings is 1. The van der Waals surface area contributed by atoms with E-state index in [1.807, 2.05) is 0 Å². The van der Waals surface area contributed by atoms with E-state index in [0.29, 0.717) is 5.82 Å². The highest BCUT2D eigenvalue weighted by atomic mass is 79.9. The monoisotopic (exact) mass is 372 g/mol. The Morgan fingerprint density at radius 2 is 2.06 bits per heavy atom. The molecule has 2 aromatic rings. The summed E-state index contributed by atoms with van der Waals surface area (Å²) in [6, 6.07) is 7.90. The first-order chi connectivity index (χ1) is 8.58. The maximum absolute atomic E-state index is 13.7. The van der Waals surface area contributed by atoms with Crippen molar-refractivity contribution in [2.24, 2.45) is 0 Å². The van der Waals surface area contributed by atoms with Gasteiger partial charge >= 0.3 is 0 Å². The first-order valence-electron chi connectivity index (χ1n) is 4.95. The Morgan fingerprint density at radius 3 is 2.78 bits per heavy atom. The van der Waals surface area contributed by atoms with Crippen LogP contribution in [0.1, 0.15) is 10.4 Å². The summed E-state index contributed by atoms with van der Waals surface area (Å²) in [6.45, 7) is 0. The summed E-state index contributed by atoms with van der Waals surface area (Å²) in [5.41, 5.74) is -0.0360. The van der Waals surface area contributed by atoms with Gasteiger partial charge in [-0.2, -0.15) is 0 Å². The number of amides is 1. The van der Waals surface area contributed by atoms with Crippen molar-refractivity contribution in [3.05, 3.63) is 56.9 Å². The van der Waals surface area contributed by atoms with E-state index in [4.69, 9.17) is 0 Å². The van der Waals surface area contributed by atoms with E-state index in [9.17, 15) is 9.18 Å². The third-order valence-electron chi connectivity index (χ3n) is 2.16. The van der Waals surface area contributed by atoms with Crippen LogP contribution in [0.15, 0.2) is 45.5 Å². The second kappa shape index (κ2) is 5.58.